The molecule has 0 atom stereocenters. The monoisotopic (exact) mass is 372 g/mol. The highest BCUT2D eigenvalue weighted by molar-refractivity contribution is 6.23. The summed E-state index contributed by atoms with van der Waals surface area (Å²) in [5.74, 6) is 0. The summed E-state index contributed by atoms with van der Waals surface area (Å²) in [6.07, 6.45) is 0. The average Bonchev–Trinajstić information content (AvgIpc) is 3.06. The molecule has 0 N–H and O–H groups in total. The number of hydrogen-bond acceptors (Lipinski definition) is 1. The lowest BCUT2D eigenvalue weighted by Gasteiger charge is -2.11. The fraction of sp³-hybridized carbons (Fsp3) is 0.0769. The second kappa shape index (κ2) is 5.56. The van der Waals surface area contributed by atoms with Gasteiger partial charge >= 0.3 is 0 Å². The summed E-state index contributed by atoms with van der Waals surface area (Å²) in [6, 6.07) is 27.7. The minimum absolute atomic E-state index is 0.710. The Balaban J connectivity index is 2.12. The number of rotatable bonds is 0. The number of para-hydroxylation sites is 2. The van der Waals surface area contributed by atoms with Crippen molar-refractivity contribution in [3.8, 4) is 6.07 Å². The molecule has 3 nitrogen and oxygen atoms in total. The van der Waals surface area contributed by atoms with Crippen LogP contribution >= 0.6 is 0 Å². The second-order valence-electron chi connectivity index (χ2n) is 7.68. The SMILES string of the molecule is Cc1cccc2c1c1n(c3cc(C#N)c4ccccc4c23)c2ccccc2[n+]1C. The van der Waals surface area contributed by atoms with E-state index in [-0.39, 0.29) is 0 Å². The standard InChI is InChI=1S/C26H18N3/c1-16-8-7-11-20-24(16)26-28(2)21-12-5-6-13-22(21)29(26)23-14-17(15-27)18-9-3-4-10-19(18)25(20)23/h3-14H,1-2H3/q+1. The van der Waals surface area contributed by atoms with E-state index in [2.05, 4.69) is 89.7 Å². The van der Waals surface area contributed by atoms with Crippen LogP contribution in [0.25, 0.3) is 49.1 Å². The predicted molar refractivity (Wildman–Crippen MR) is 118 cm³/mol. The molecule has 0 radical (unpaired) electrons. The zero-order chi connectivity index (χ0) is 19.7. The number of nitriles is 1. The van der Waals surface area contributed by atoms with Gasteiger partial charge in [-0.25, -0.2) is 4.57 Å². The molecule has 0 aliphatic carbocycles. The lowest BCUT2D eigenvalue weighted by molar-refractivity contribution is -0.617. The molecular formula is C26H18N3+. The van der Waals surface area contributed by atoms with E-state index in [4.69, 9.17) is 0 Å². The number of aryl methyl sites for hydroxylation is 2. The molecule has 136 valence electrons. The molecule has 2 heterocycles. The number of pyridine rings is 1. The van der Waals surface area contributed by atoms with E-state index >= 15 is 0 Å². The fourth-order valence-electron chi connectivity index (χ4n) is 4.92. The lowest BCUT2D eigenvalue weighted by Crippen LogP contribution is -2.27. The van der Waals surface area contributed by atoms with Gasteiger partial charge in [0.05, 0.1) is 24.1 Å². The highest BCUT2D eigenvalue weighted by Gasteiger charge is 2.25. The van der Waals surface area contributed by atoms with Gasteiger partial charge in [-0.15, -0.1) is 0 Å². The fourth-order valence-corrected chi connectivity index (χ4v) is 4.92. The average molecular weight is 372 g/mol. The Hall–Kier alpha value is -3.90. The third-order valence-corrected chi connectivity index (χ3v) is 6.16. The van der Waals surface area contributed by atoms with Crippen LogP contribution in [0.5, 0.6) is 0 Å². The van der Waals surface area contributed by atoms with Crippen molar-refractivity contribution in [1.29, 1.82) is 5.26 Å². The smallest absolute Gasteiger partial charge is 0.225 e. The first-order valence-electron chi connectivity index (χ1n) is 9.76. The van der Waals surface area contributed by atoms with Crippen LogP contribution in [-0.2, 0) is 7.05 Å². The van der Waals surface area contributed by atoms with Gasteiger partial charge in [-0.1, -0.05) is 54.6 Å². The molecule has 0 spiro atoms. The molecule has 2 aromatic heterocycles. The maximum absolute atomic E-state index is 9.88. The van der Waals surface area contributed by atoms with Crippen LogP contribution in [0.4, 0.5) is 0 Å². The van der Waals surface area contributed by atoms with E-state index in [0.717, 1.165) is 27.5 Å². The summed E-state index contributed by atoms with van der Waals surface area (Å²) < 4.78 is 4.60. The van der Waals surface area contributed by atoms with Crippen molar-refractivity contribution in [3.05, 3.63) is 83.9 Å². The summed E-state index contributed by atoms with van der Waals surface area (Å²) in [4.78, 5) is 0. The van der Waals surface area contributed by atoms with Crippen LogP contribution in [0.15, 0.2) is 72.8 Å². The summed E-state index contributed by atoms with van der Waals surface area (Å²) in [6.45, 7) is 2.18. The quantitative estimate of drug-likeness (QED) is 0.254. The Kier molecular flexibility index (Phi) is 3.08. The first-order chi connectivity index (χ1) is 14.2. The number of hydrogen-bond donors (Lipinski definition) is 0. The molecule has 0 saturated carbocycles. The second-order valence-corrected chi connectivity index (χ2v) is 7.68. The van der Waals surface area contributed by atoms with Crippen LogP contribution in [0.1, 0.15) is 11.1 Å². The van der Waals surface area contributed by atoms with Gasteiger partial charge in [-0.05, 0) is 30.0 Å². The van der Waals surface area contributed by atoms with Gasteiger partial charge in [-0.3, -0.25) is 0 Å². The highest BCUT2D eigenvalue weighted by atomic mass is 15.1. The molecule has 0 fully saturated rings. The first-order valence-corrected chi connectivity index (χ1v) is 9.76. The first kappa shape index (κ1) is 16.1. The zero-order valence-electron chi connectivity index (χ0n) is 16.3. The molecule has 0 aliphatic heterocycles. The largest absolute Gasteiger partial charge is 0.295 e. The van der Waals surface area contributed by atoms with Crippen molar-refractivity contribution in [2.24, 2.45) is 7.05 Å². The highest BCUT2D eigenvalue weighted by Crippen LogP contribution is 2.38. The van der Waals surface area contributed by atoms with Crippen LogP contribution in [0.3, 0.4) is 0 Å². The summed E-state index contributed by atoms with van der Waals surface area (Å²) >= 11 is 0. The summed E-state index contributed by atoms with van der Waals surface area (Å²) in [5, 5.41) is 15.7. The van der Waals surface area contributed by atoms with E-state index < -0.39 is 0 Å². The molecule has 0 unspecified atom stereocenters. The zero-order valence-corrected chi connectivity index (χ0v) is 16.3. The van der Waals surface area contributed by atoms with Crippen LogP contribution in [0, 0.1) is 18.3 Å². The Bertz CT molecular complexity index is 1680. The summed E-state index contributed by atoms with van der Waals surface area (Å²) in [5.41, 5.74) is 6.52. The summed E-state index contributed by atoms with van der Waals surface area (Å²) in [7, 11) is 2.13. The molecule has 4 aromatic carbocycles. The minimum atomic E-state index is 0.710. The molecule has 29 heavy (non-hydrogen) atoms. The molecule has 0 amide bonds. The number of benzene rings is 4. The lowest BCUT2D eigenvalue weighted by atomic mass is 9.95. The molecule has 0 aliphatic rings. The number of fused-ring (bicyclic) bond motifs is 10. The van der Waals surface area contributed by atoms with Gasteiger partial charge in [0, 0.05) is 22.2 Å². The molecule has 0 bridgehead atoms. The van der Waals surface area contributed by atoms with Crippen molar-refractivity contribution in [1.82, 2.24) is 4.40 Å². The van der Waals surface area contributed by atoms with Gasteiger partial charge in [-0.2, -0.15) is 9.66 Å². The van der Waals surface area contributed by atoms with E-state index in [9.17, 15) is 5.26 Å². The van der Waals surface area contributed by atoms with Crippen molar-refractivity contribution in [3.63, 3.8) is 0 Å². The Morgan fingerprint density at radius 1 is 0.793 bits per heavy atom. The third-order valence-electron chi connectivity index (χ3n) is 6.16. The maximum atomic E-state index is 9.88. The van der Waals surface area contributed by atoms with Crippen molar-refractivity contribution >= 4 is 49.1 Å². The molecule has 6 rings (SSSR count). The molecule has 3 heteroatoms. The topological polar surface area (TPSA) is 32.1 Å². The van der Waals surface area contributed by atoms with Crippen LogP contribution in [-0.4, -0.2) is 4.40 Å². The van der Waals surface area contributed by atoms with E-state index in [1.807, 2.05) is 12.1 Å². The van der Waals surface area contributed by atoms with E-state index in [1.165, 1.54) is 27.2 Å². The minimum Gasteiger partial charge on any atom is -0.225 e. The van der Waals surface area contributed by atoms with Crippen LogP contribution in [0.2, 0.25) is 0 Å². The van der Waals surface area contributed by atoms with Gasteiger partial charge in [0.2, 0.25) is 0 Å². The van der Waals surface area contributed by atoms with E-state index in [0.29, 0.717) is 5.56 Å². The number of nitrogens with zero attached hydrogens (tertiary/aromatic N) is 3. The Labute approximate surface area is 167 Å². The molecular weight excluding hydrogens is 354 g/mol. The predicted octanol–water partition coefficient (Wildman–Crippen LogP) is 5.56. The van der Waals surface area contributed by atoms with Crippen molar-refractivity contribution in [2.45, 2.75) is 6.92 Å². The molecule has 6 aromatic rings. The van der Waals surface area contributed by atoms with Gasteiger partial charge in [0.25, 0.3) is 5.65 Å². The normalized spacial score (nSPS) is 11.8. The molecule has 0 saturated heterocycles. The number of imidazole rings is 1. The van der Waals surface area contributed by atoms with E-state index in [1.54, 1.807) is 0 Å². The Morgan fingerprint density at radius 3 is 2.34 bits per heavy atom. The van der Waals surface area contributed by atoms with Crippen LogP contribution < -0.4 is 4.57 Å². The van der Waals surface area contributed by atoms with Crippen molar-refractivity contribution < 1.29 is 4.57 Å². The van der Waals surface area contributed by atoms with Crippen molar-refractivity contribution in [2.75, 3.05) is 0 Å². The Morgan fingerprint density at radius 2 is 1.52 bits per heavy atom. The maximum Gasteiger partial charge on any atom is 0.295 e. The number of aromatic nitrogens is 2. The van der Waals surface area contributed by atoms with Gasteiger partial charge in [0.15, 0.2) is 11.0 Å². The van der Waals surface area contributed by atoms with Gasteiger partial charge < -0.3 is 0 Å². The third kappa shape index (κ3) is 1.93. The van der Waals surface area contributed by atoms with Gasteiger partial charge in [0.1, 0.15) is 5.52 Å².